The Morgan fingerprint density at radius 1 is 1.32 bits per heavy atom. The fourth-order valence-electron chi connectivity index (χ4n) is 2.12. The van der Waals surface area contributed by atoms with Gasteiger partial charge in [-0.05, 0) is 12.1 Å². The summed E-state index contributed by atoms with van der Waals surface area (Å²) in [5.41, 5.74) is -0.577. The molecule has 8 heteroatoms. The van der Waals surface area contributed by atoms with Crippen molar-refractivity contribution in [3.8, 4) is 5.75 Å². The first-order valence-corrected chi connectivity index (χ1v) is 10.3. The van der Waals surface area contributed by atoms with Crippen LogP contribution in [-0.4, -0.2) is 31.4 Å². The zero-order valence-corrected chi connectivity index (χ0v) is 13.8. The molecule has 1 aromatic rings. The molecule has 1 N–H and O–H groups in total. The normalized spacial score (nSPS) is 18.3. The van der Waals surface area contributed by atoms with E-state index in [-0.39, 0.29) is 16.3 Å². The third-order valence-electron chi connectivity index (χ3n) is 3.31. The van der Waals surface area contributed by atoms with E-state index in [0.717, 1.165) is 11.3 Å². The molecule has 1 heterocycles. The Hall–Kier alpha value is -1.47. The molecule has 2 rings (SSSR count). The lowest BCUT2D eigenvalue weighted by Gasteiger charge is -2.29. The van der Waals surface area contributed by atoms with E-state index >= 15 is 0 Å². The SMILES string of the molecule is C[Si](C)(C)c1cc(Cl)c2c(c1)C=C(C(=O)O)C(C(F)(F)F)O2. The first kappa shape index (κ1) is 16.9. The van der Waals surface area contributed by atoms with E-state index in [9.17, 15) is 18.0 Å². The maximum atomic E-state index is 13.0. The van der Waals surface area contributed by atoms with Crippen LogP contribution in [0.15, 0.2) is 17.7 Å². The minimum Gasteiger partial charge on any atom is -0.478 e. The van der Waals surface area contributed by atoms with Crippen molar-refractivity contribution in [2.24, 2.45) is 0 Å². The minimum absolute atomic E-state index is 0.0601. The summed E-state index contributed by atoms with van der Waals surface area (Å²) >= 11 is 6.05. The lowest BCUT2D eigenvalue weighted by Crippen LogP contribution is -2.41. The van der Waals surface area contributed by atoms with E-state index in [4.69, 9.17) is 21.4 Å². The number of fused-ring (bicyclic) bond motifs is 1. The van der Waals surface area contributed by atoms with Gasteiger partial charge in [0, 0.05) is 5.56 Å². The van der Waals surface area contributed by atoms with E-state index in [1.54, 1.807) is 12.1 Å². The Bertz CT molecular complexity index is 663. The van der Waals surface area contributed by atoms with E-state index in [1.165, 1.54) is 0 Å². The van der Waals surface area contributed by atoms with E-state index in [1.807, 2.05) is 0 Å². The summed E-state index contributed by atoms with van der Waals surface area (Å²) in [5.74, 6) is -1.79. The monoisotopic (exact) mass is 350 g/mol. The smallest absolute Gasteiger partial charge is 0.430 e. The molecule has 0 spiro atoms. The highest BCUT2D eigenvalue weighted by molar-refractivity contribution is 6.88. The molecule has 0 saturated heterocycles. The van der Waals surface area contributed by atoms with Crippen molar-refractivity contribution in [2.45, 2.75) is 31.9 Å². The van der Waals surface area contributed by atoms with Gasteiger partial charge in [0.1, 0.15) is 5.75 Å². The van der Waals surface area contributed by atoms with Gasteiger partial charge in [0.2, 0.25) is 6.10 Å². The first-order chi connectivity index (χ1) is 9.91. The molecule has 1 atom stereocenters. The van der Waals surface area contributed by atoms with Gasteiger partial charge in [-0.3, -0.25) is 0 Å². The van der Waals surface area contributed by atoms with Crippen LogP contribution in [0.5, 0.6) is 5.75 Å². The van der Waals surface area contributed by atoms with Crippen LogP contribution in [0.25, 0.3) is 6.08 Å². The number of benzene rings is 1. The predicted molar refractivity (Wildman–Crippen MR) is 80.5 cm³/mol. The second-order valence-electron chi connectivity index (χ2n) is 6.07. The molecule has 0 aromatic heterocycles. The molecule has 1 aliphatic heterocycles. The number of carboxylic acids is 1. The molecule has 0 aliphatic carbocycles. The Labute approximate surface area is 131 Å². The molecule has 1 unspecified atom stereocenters. The van der Waals surface area contributed by atoms with Crippen molar-refractivity contribution in [1.29, 1.82) is 0 Å². The van der Waals surface area contributed by atoms with Crippen LogP contribution in [0.1, 0.15) is 5.56 Å². The van der Waals surface area contributed by atoms with Crippen LogP contribution in [0.2, 0.25) is 24.7 Å². The summed E-state index contributed by atoms with van der Waals surface area (Å²) in [6.45, 7) is 6.15. The third-order valence-corrected chi connectivity index (χ3v) is 5.61. The fraction of sp³-hybridized carbons (Fsp3) is 0.357. The van der Waals surface area contributed by atoms with Crippen molar-refractivity contribution in [2.75, 3.05) is 0 Å². The summed E-state index contributed by atoms with van der Waals surface area (Å²) in [4.78, 5) is 11.1. The van der Waals surface area contributed by atoms with Crippen molar-refractivity contribution < 1.29 is 27.8 Å². The Kier molecular flexibility index (Phi) is 4.08. The maximum Gasteiger partial charge on any atom is 0.430 e. The number of ether oxygens (including phenoxy) is 1. The highest BCUT2D eigenvalue weighted by Gasteiger charge is 2.48. The lowest BCUT2D eigenvalue weighted by atomic mass is 10.0. The van der Waals surface area contributed by atoms with Gasteiger partial charge in [-0.15, -0.1) is 0 Å². The number of hydrogen-bond donors (Lipinski definition) is 1. The van der Waals surface area contributed by atoms with Crippen molar-refractivity contribution >= 4 is 36.9 Å². The van der Waals surface area contributed by atoms with Gasteiger partial charge in [-0.2, -0.15) is 13.2 Å². The number of halogens is 4. The molecule has 1 aromatic carbocycles. The standard InChI is InChI=1S/C14H14ClF3O3Si/c1-22(2,3)8-4-7-5-9(13(19)20)12(14(16,17)18)21-11(7)10(15)6-8/h4-6,12H,1-3H3,(H,19,20). The lowest BCUT2D eigenvalue weighted by molar-refractivity contribution is -0.187. The second-order valence-corrected chi connectivity index (χ2v) is 11.6. The number of alkyl halides is 3. The van der Waals surface area contributed by atoms with E-state index in [0.29, 0.717) is 0 Å². The summed E-state index contributed by atoms with van der Waals surface area (Å²) < 4.78 is 43.8. The second kappa shape index (κ2) is 5.31. The van der Waals surface area contributed by atoms with E-state index in [2.05, 4.69) is 19.6 Å². The quantitative estimate of drug-likeness (QED) is 0.828. The Morgan fingerprint density at radius 2 is 1.91 bits per heavy atom. The molecule has 1 aliphatic rings. The highest BCUT2D eigenvalue weighted by atomic mass is 35.5. The fourth-order valence-corrected chi connectivity index (χ4v) is 3.65. The molecular formula is C14H14ClF3O3Si. The highest BCUT2D eigenvalue weighted by Crippen LogP contribution is 2.40. The molecule has 3 nitrogen and oxygen atoms in total. The number of aliphatic carboxylic acids is 1. The van der Waals surface area contributed by atoms with Gasteiger partial charge in [0.15, 0.2) is 0 Å². The molecule has 22 heavy (non-hydrogen) atoms. The topological polar surface area (TPSA) is 46.5 Å². The van der Waals surface area contributed by atoms with Crippen LogP contribution in [0.3, 0.4) is 0 Å². The number of hydrogen-bond acceptors (Lipinski definition) is 2. The van der Waals surface area contributed by atoms with Gasteiger partial charge in [0.05, 0.1) is 18.7 Å². The molecule has 120 valence electrons. The van der Waals surface area contributed by atoms with Gasteiger partial charge >= 0.3 is 12.1 Å². The summed E-state index contributed by atoms with van der Waals surface area (Å²) in [5, 5.41) is 9.99. The van der Waals surface area contributed by atoms with Crippen LogP contribution < -0.4 is 9.92 Å². The molecule has 0 saturated carbocycles. The predicted octanol–water partition coefficient (Wildman–Crippen LogP) is 3.68. The first-order valence-electron chi connectivity index (χ1n) is 6.43. The molecular weight excluding hydrogens is 337 g/mol. The zero-order valence-electron chi connectivity index (χ0n) is 12.1. The molecule has 0 amide bonds. The Morgan fingerprint density at radius 3 is 2.36 bits per heavy atom. The zero-order chi connectivity index (χ0) is 16.9. The number of rotatable bonds is 2. The van der Waals surface area contributed by atoms with E-state index < -0.39 is 31.9 Å². The van der Waals surface area contributed by atoms with Crippen LogP contribution in [-0.2, 0) is 4.79 Å². The van der Waals surface area contributed by atoms with Crippen LogP contribution >= 0.6 is 11.6 Å². The average Bonchev–Trinajstić information content (AvgIpc) is 2.34. The summed E-state index contributed by atoms with van der Waals surface area (Å²) in [6, 6.07) is 3.25. The molecule has 0 bridgehead atoms. The van der Waals surface area contributed by atoms with Crippen LogP contribution in [0.4, 0.5) is 13.2 Å². The van der Waals surface area contributed by atoms with Crippen molar-refractivity contribution in [1.82, 2.24) is 0 Å². The number of carboxylic acid groups (broad SMARTS) is 1. The van der Waals surface area contributed by atoms with Crippen molar-refractivity contribution in [3.05, 3.63) is 28.3 Å². The molecule has 0 radical (unpaired) electrons. The van der Waals surface area contributed by atoms with Gasteiger partial charge in [-0.1, -0.05) is 42.5 Å². The summed E-state index contributed by atoms with van der Waals surface area (Å²) in [6.07, 6.45) is -6.36. The summed E-state index contributed by atoms with van der Waals surface area (Å²) in [7, 11) is -1.77. The maximum absolute atomic E-state index is 13.0. The third kappa shape index (κ3) is 3.15. The Balaban J connectivity index is 2.64. The number of carbonyl (C=O) groups is 1. The van der Waals surface area contributed by atoms with Crippen LogP contribution in [0, 0.1) is 0 Å². The largest absolute Gasteiger partial charge is 0.478 e. The van der Waals surface area contributed by atoms with Gasteiger partial charge < -0.3 is 9.84 Å². The van der Waals surface area contributed by atoms with Gasteiger partial charge in [-0.25, -0.2) is 4.79 Å². The van der Waals surface area contributed by atoms with Gasteiger partial charge in [0.25, 0.3) is 0 Å². The molecule has 0 fully saturated rings. The average molecular weight is 351 g/mol. The van der Waals surface area contributed by atoms with Crippen molar-refractivity contribution in [3.63, 3.8) is 0 Å². The minimum atomic E-state index is -4.83.